The zero-order valence-electron chi connectivity index (χ0n) is 7.36. The Balaban J connectivity index is 0. The monoisotopic (exact) mass is 184 g/mol. The van der Waals surface area contributed by atoms with Crippen LogP contribution in [-0.4, -0.2) is 22.2 Å². The summed E-state index contributed by atoms with van der Waals surface area (Å²) in [4.78, 5) is 19.7. The summed E-state index contributed by atoms with van der Waals surface area (Å²) in [7, 11) is 0. The van der Waals surface area contributed by atoms with Gasteiger partial charge in [-0.2, -0.15) is 0 Å². The van der Waals surface area contributed by atoms with Crippen molar-refractivity contribution in [2.75, 3.05) is 0 Å². The molecule has 2 N–H and O–H groups in total. The highest BCUT2D eigenvalue weighted by Crippen LogP contribution is 1.89. The van der Waals surface area contributed by atoms with Crippen molar-refractivity contribution in [3.63, 3.8) is 0 Å². The molecule has 0 radical (unpaired) electrons. The molecular weight excluding hydrogens is 172 g/mol. The summed E-state index contributed by atoms with van der Waals surface area (Å²) in [5.41, 5.74) is -0.178. The topological polar surface area (TPSA) is 74.6 Å². The molecule has 0 rings (SSSR count). The molecule has 0 fully saturated rings. The lowest BCUT2D eigenvalue weighted by molar-refractivity contribution is -0.135. The number of hydrogen-bond donors (Lipinski definition) is 2. The normalized spacial score (nSPS) is 9.15. The molecular formula is C9H12O4. The van der Waals surface area contributed by atoms with E-state index in [1.54, 1.807) is 12.2 Å². The highest BCUT2D eigenvalue weighted by atomic mass is 16.4. The molecule has 4 heteroatoms. The second-order valence-electron chi connectivity index (χ2n) is 1.94. The van der Waals surface area contributed by atoms with Gasteiger partial charge in [0.05, 0.1) is 0 Å². The molecule has 0 aliphatic rings. The first kappa shape index (κ1) is 13.7. The maximum Gasteiger partial charge on any atom is 0.331 e. The average Bonchev–Trinajstić information content (AvgIpc) is 2.03. The molecule has 0 aliphatic carbocycles. The summed E-state index contributed by atoms with van der Waals surface area (Å²) in [6, 6.07) is 0. The van der Waals surface area contributed by atoms with Crippen molar-refractivity contribution in [3.8, 4) is 0 Å². The molecule has 0 bridgehead atoms. The lowest BCUT2D eigenvalue weighted by Crippen LogP contribution is -1.99. The van der Waals surface area contributed by atoms with E-state index in [9.17, 15) is 9.59 Å². The van der Waals surface area contributed by atoms with Crippen LogP contribution in [0.1, 0.15) is 6.92 Å². The molecule has 0 atom stereocenters. The van der Waals surface area contributed by atoms with E-state index in [1.807, 2.05) is 0 Å². The quantitative estimate of drug-likeness (QED) is 0.514. The van der Waals surface area contributed by atoms with Crippen LogP contribution >= 0.6 is 0 Å². The van der Waals surface area contributed by atoms with Crippen LogP contribution in [-0.2, 0) is 9.59 Å². The van der Waals surface area contributed by atoms with E-state index in [0.29, 0.717) is 6.08 Å². The van der Waals surface area contributed by atoms with Crippen LogP contribution in [0, 0.1) is 0 Å². The van der Waals surface area contributed by atoms with Crippen molar-refractivity contribution in [3.05, 3.63) is 37.0 Å². The van der Waals surface area contributed by atoms with E-state index in [1.165, 1.54) is 6.92 Å². The Morgan fingerprint density at radius 1 is 1.15 bits per heavy atom. The van der Waals surface area contributed by atoms with E-state index in [0.717, 1.165) is 0 Å². The zero-order valence-corrected chi connectivity index (χ0v) is 7.36. The van der Waals surface area contributed by atoms with Gasteiger partial charge in [0.1, 0.15) is 0 Å². The Morgan fingerprint density at radius 3 is 1.62 bits per heavy atom. The fourth-order valence-electron chi connectivity index (χ4n) is 0.247. The SMILES string of the molecule is C/C(=C/C(=O)O)C(=O)O.C=CC=C. The van der Waals surface area contributed by atoms with Gasteiger partial charge < -0.3 is 10.2 Å². The van der Waals surface area contributed by atoms with Crippen molar-refractivity contribution < 1.29 is 19.8 Å². The smallest absolute Gasteiger partial charge is 0.331 e. The average molecular weight is 184 g/mol. The molecule has 4 nitrogen and oxygen atoms in total. The zero-order chi connectivity index (χ0) is 10.9. The summed E-state index contributed by atoms with van der Waals surface area (Å²) in [6.45, 7) is 7.94. The Hall–Kier alpha value is -1.84. The number of hydrogen-bond acceptors (Lipinski definition) is 2. The molecule has 0 aromatic carbocycles. The minimum absolute atomic E-state index is 0.178. The Labute approximate surface area is 76.5 Å². The first-order valence-electron chi connectivity index (χ1n) is 3.33. The molecule has 0 saturated heterocycles. The van der Waals surface area contributed by atoms with E-state index in [-0.39, 0.29) is 5.57 Å². The lowest BCUT2D eigenvalue weighted by Gasteiger charge is -1.86. The standard InChI is InChI=1S/C5H6O4.C4H6/c1-3(5(8)9)2-4(6)7;1-3-4-2/h2H,1H3,(H,6,7)(H,8,9);3-4H,1-2H2/b3-2-;. The first-order valence-corrected chi connectivity index (χ1v) is 3.33. The van der Waals surface area contributed by atoms with Gasteiger partial charge in [-0.05, 0) is 6.92 Å². The minimum Gasteiger partial charge on any atom is -0.478 e. The van der Waals surface area contributed by atoms with Crippen LogP contribution in [0.5, 0.6) is 0 Å². The Morgan fingerprint density at radius 2 is 1.54 bits per heavy atom. The minimum atomic E-state index is -1.24. The lowest BCUT2D eigenvalue weighted by atomic mass is 10.3. The third-order valence-electron chi connectivity index (χ3n) is 0.844. The van der Waals surface area contributed by atoms with Gasteiger partial charge in [0.25, 0.3) is 0 Å². The van der Waals surface area contributed by atoms with E-state index >= 15 is 0 Å². The van der Waals surface area contributed by atoms with E-state index in [4.69, 9.17) is 10.2 Å². The van der Waals surface area contributed by atoms with Gasteiger partial charge in [-0.25, -0.2) is 9.59 Å². The van der Waals surface area contributed by atoms with Crippen molar-refractivity contribution in [1.82, 2.24) is 0 Å². The number of carboxylic acid groups (broad SMARTS) is 2. The van der Waals surface area contributed by atoms with Gasteiger partial charge in [0.2, 0.25) is 0 Å². The third-order valence-corrected chi connectivity index (χ3v) is 0.844. The van der Waals surface area contributed by atoms with Gasteiger partial charge in [-0.1, -0.05) is 25.3 Å². The molecule has 0 aromatic rings. The summed E-state index contributed by atoms with van der Waals surface area (Å²) in [5, 5.41) is 16.1. The number of carboxylic acids is 2. The molecule has 0 saturated carbocycles. The summed E-state index contributed by atoms with van der Waals surface area (Å²) in [6.07, 6.45) is 3.92. The predicted molar refractivity (Wildman–Crippen MR) is 49.4 cm³/mol. The molecule has 0 unspecified atom stereocenters. The maximum absolute atomic E-state index is 9.90. The van der Waals surface area contributed by atoms with Crippen molar-refractivity contribution in [2.45, 2.75) is 6.92 Å². The largest absolute Gasteiger partial charge is 0.478 e. The van der Waals surface area contributed by atoms with Crippen molar-refractivity contribution in [2.24, 2.45) is 0 Å². The first-order chi connectivity index (χ1) is 5.95. The van der Waals surface area contributed by atoms with E-state index in [2.05, 4.69) is 13.2 Å². The second-order valence-corrected chi connectivity index (χ2v) is 1.94. The molecule has 0 spiro atoms. The summed E-state index contributed by atoms with van der Waals surface area (Å²) in [5.74, 6) is -2.45. The van der Waals surface area contributed by atoms with Crippen LogP contribution in [0.2, 0.25) is 0 Å². The van der Waals surface area contributed by atoms with Crippen molar-refractivity contribution in [1.29, 1.82) is 0 Å². The molecule has 13 heavy (non-hydrogen) atoms. The van der Waals surface area contributed by atoms with E-state index < -0.39 is 11.9 Å². The summed E-state index contributed by atoms with van der Waals surface area (Å²) >= 11 is 0. The number of allylic oxidation sites excluding steroid dienone is 2. The van der Waals surface area contributed by atoms with Crippen LogP contribution in [0.25, 0.3) is 0 Å². The highest BCUT2D eigenvalue weighted by molar-refractivity contribution is 5.93. The predicted octanol–water partition coefficient (Wildman–Crippen LogP) is 1.46. The van der Waals surface area contributed by atoms with Crippen LogP contribution < -0.4 is 0 Å². The Bertz CT molecular complexity index is 232. The molecule has 0 heterocycles. The fourth-order valence-corrected chi connectivity index (χ4v) is 0.247. The highest BCUT2D eigenvalue weighted by Gasteiger charge is 2.00. The van der Waals surface area contributed by atoms with Crippen LogP contribution in [0.15, 0.2) is 37.0 Å². The van der Waals surface area contributed by atoms with Gasteiger partial charge in [-0.3, -0.25) is 0 Å². The van der Waals surface area contributed by atoms with Gasteiger partial charge in [-0.15, -0.1) is 0 Å². The number of carbonyl (C=O) groups is 2. The number of rotatable bonds is 3. The Kier molecular flexibility index (Phi) is 8.72. The molecule has 0 amide bonds. The van der Waals surface area contributed by atoms with Gasteiger partial charge in [0, 0.05) is 11.6 Å². The second kappa shape index (κ2) is 8.26. The van der Waals surface area contributed by atoms with Gasteiger partial charge >= 0.3 is 11.9 Å². The van der Waals surface area contributed by atoms with Crippen molar-refractivity contribution >= 4 is 11.9 Å². The third kappa shape index (κ3) is 13.2. The molecule has 72 valence electrons. The fraction of sp³-hybridized carbons (Fsp3) is 0.111. The molecule has 0 aliphatic heterocycles. The number of aliphatic carboxylic acids is 2. The maximum atomic E-state index is 9.90. The van der Waals surface area contributed by atoms with Gasteiger partial charge in [0.15, 0.2) is 0 Å². The van der Waals surface area contributed by atoms with Crippen LogP contribution in [0.4, 0.5) is 0 Å². The summed E-state index contributed by atoms with van der Waals surface area (Å²) < 4.78 is 0. The van der Waals surface area contributed by atoms with Crippen LogP contribution in [0.3, 0.4) is 0 Å². The molecule has 0 aromatic heterocycles.